The van der Waals surface area contributed by atoms with Gasteiger partial charge in [-0.1, -0.05) is 56.1 Å². The number of para-hydroxylation sites is 1. The van der Waals surface area contributed by atoms with Crippen molar-refractivity contribution in [2.45, 2.75) is 50.6 Å². The Bertz CT molecular complexity index is 775. The van der Waals surface area contributed by atoms with Gasteiger partial charge in [-0.25, -0.2) is 0 Å². The predicted molar refractivity (Wildman–Crippen MR) is 100 cm³/mol. The van der Waals surface area contributed by atoms with Gasteiger partial charge in [-0.3, -0.25) is 4.68 Å². The zero-order valence-corrected chi connectivity index (χ0v) is 15.5. The van der Waals surface area contributed by atoms with Gasteiger partial charge in [-0.05, 0) is 30.4 Å². The molecular formula is C19H22F3N3S. The molecule has 1 aliphatic rings. The summed E-state index contributed by atoms with van der Waals surface area (Å²) in [5, 5.41) is 6.58. The first-order valence-electron chi connectivity index (χ1n) is 8.87. The SMILES string of the molecule is Cn1cc(C(=S)Nc2ccccc2C2CCCCCC2)c(C(F)(F)F)n1. The highest BCUT2D eigenvalue weighted by atomic mass is 32.1. The zero-order valence-electron chi connectivity index (χ0n) is 14.6. The van der Waals surface area contributed by atoms with Crippen molar-refractivity contribution < 1.29 is 13.2 Å². The maximum atomic E-state index is 13.2. The van der Waals surface area contributed by atoms with Crippen molar-refractivity contribution in [1.29, 1.82) is 0 Å². The maximum Gasteiger partial charge on any atom is 0.435 e. The summed E-state index contributed by atoms with van der Waals surface area (Å²) in [5.74, 6) is 0.417. The van der Waals surface area contributed by atoms with Gasteiger partial charge in [0.25, 0.3) is 0 Å². The van der Waals surface area contributed by atoms with Gasteiger partial charge in [0.1, 0.15) is 4.99 Å². The molecule has 7 heteroatoms. The maximum absolute atomic E-state index is 13.2. The van der Waals surface area contributed by atoms with Crippen LogP contribution in [0.3, 0.4) is 0 Å². The van der Waals surface area contributed by atoms with E-state index in [2.05, 4.69) is 16.5 Å². The Labute approximate surface area is 156 Å². The van der Waals surface area contributed by atoms with E-state index in [1.165, 1.54) is 38.9 Å². The minimum Gasteiger partial charge on any atom is -0.346 e. The van der Waals surface area contributed by atoms with Crippen LogP contribution < -0.4 is 5.32 Å². The summed E-state index contributed by atoms with van der Waals surface area (Å²) in [5.41, 5.74) is 0.880. The third-order valence-electron chi connectivity index (χ3n) is 4.85. The third-order valence-corrected chi connectivity index (χ3v) is 5.17. The second-order valence-corrected chi connectivity index (χ2v) is 7.20. The molecule has 1 aliphatic carbocycles. The molecule has 0 unspecified atom stereocenters. The Morgan fingerprint density at radius 1 is 1.15 bits per heavy atom. The van der Waals surface area contributed by atoms with E-state index < -0.39 is 11.9 Å². The van der Waals surface area contributed by atoms with Crippen LogP contribution in [0.5, 0.6) is 0 Å². The average Bonchev–Trinajstić information content (AvgIpc) is 2.81. The topological polar surface area (TPSA) is 29.9 Å². The van der Waals surface area contributed by atoms with E-state index in [9.17, 15) is 13.2 Å². The quantitative estimate of drug-likeness (QED) is 0.549. The summed E-state index contributed by atoms with van der Waals surface area (Å²) in [7, 11) is 1.46. The van der Waals surface area contributed by atoms with Gasteiger partial charge < -0.3 is 5.32 Å². The number of benzene rings is 1. The highest BCUT2D eigenvalue weighted by Crippen LogP contribution is 2.36. The Morgan fingerprint density at radius 2 is 1.81 bits per heavy atom. The average molecular weight is 381 g/mol. The molecule has 1 aromatic carbocycles. The number of rotatable bonds is 3. The van der Waals surface area contributed by atoms with Crippen LogP contribution in [0.1, 0.15) is 61.3 Å². The van der Waals surface area contributed by atoms with Crippen LogP contribution in [0.15, 0.2) is 30.5 Å². The highest BCUT2D eigenvalue weighted by molar-refractivity contribution is 7.81. The van der Waals surface area contributed by atoms with Crippen LogP contribution in [0.2, 0.25) is 0 Å². The van der Waals surface area contributed by atoms with Crippen molar-refractivity contribution in [2.75, 3.05) is 5.32 Å². The second kappa shape index (κ2) is 7.78. The van der Waals surface area contributed by atoms with Crippen LogP contribution in [-0.4, -0.2) is 14.8 Å². The summed E-state index contributed by atoms with van der Waals surface area (Å²) < 4.78 is 40.8. The number of nitrogens with zero attached hydrogens (tertiary/aromatic N) is 2. The summed E-state index contributed by atoms with van der Waals surface area (Å²) in [6, 6.07) is 7.78. The standard InChI is InChI=1S/C19H22F3N3S/c1-25-12-15(17(24-25)19(20,21)22)18(26)23-16-11-7-6-10-14(16)13-8-4-2-3-5-9-13/h6-7,10-13H,2-5,8-9H2,1H3,(H,23,26). The number of hydrogen-bond donors (Lipinski definition) is 1. The molecule has 3 rings (SSSR count). The van der Waals surface area contributed by atoms with Crippen molar-refractivity contribution in [3.05, 3.63) is 47.3 Å². The fraction of sp³-hybridized carbons (Fsp3) is 0.474. The molecule has 26 heavy (non-hydrogen) atoms. The van der Waals surface area contributed by atoms with E-state index >= 15 is 0 Å². The zero-order chi connectivity index (χ0) is 18.7. The monoisotopic (exact) mass is 381 g/mol. The first kappa shape index (κ1) is 18.9. The van der Waals surface area contributed by atoms with Crippen molar-refractivity contribution in [3.8, 4) is 0 Å². The molecule has 0 spiro atoms. The molecule has 3 nitrogen and oxygen atoms in total. The second-order valence-electron chi connectivity index (χ2n) is 6.79. The number of aryl methyl sites for hydroxylation is 1. The molecule has 1 N–H and O–H groups in total. The molecule has 0 bridgehead atoms. The molecule has 0 radical (unpaired) electrons. The molecule has 0 aliphatic heterocycles. The molecule has 0 atom stereocenters. The van der Waals surface area contributed by atoms with E-state index in [1.807, 2.05) is 18.2 Å². The molecule has 2 aromatic rings. The third kappa shape index (κ3) is 4.26. The molecule has 1 heterocycles. The van der Waals surface area contributed by atoms with Gasteiger partial charge in [0.15, 0.2) is 5.69 Å². The van der Waals surface area contributed by atoms with E-state index in [4.69, 9.17) is 12.2 Å². The van der Waals surface area contributed by atoms with Gasteiger partial charge in [0.05, 0.1) is 5.56 Å². The summed E-state index contributed by atoms with van der Waals surface area (Å²) in [4.78, 5) is 0.0477. The lowest BCUT2D eigenvalue weighted by Crippen LogP contribution is -2.18. The smallest absolute Gasteiger partial charge is 0.346 e. The molecule has 1 saturated carbocycles. The van der Waals surface area contributed by atoms with E-state index in [1.54, 1.807) is 0 Å². The Balaban J connectivity index is 1.87. The minimum absolute atomic E-state index is 0.0477. The van der Waals surface area contributed by atoms with Crippen LogP contribution in [-0.2, 0) is 13.2 Å². The lowest BCUT2D eigenvalue weighted by atomic mass is 9.90. The van der Waals surface area contributed by atoms with Crippen LogP contribution in [0.25, 0.3) is 0 Å². The number of alkyl halides is 3. The lowest BCUT2D eigenvalue weighted by molar-refractivity contribution is -0.141. The number of thiocarbonyl (C=S) groups is 1. The van der Waals surface area contributed by atoms with E-state index in [0.717, 1.165) is 28.8 Å². The van der Waals surface area contributed by atoms with Crippen LogP contribution >= 0.6 is 12.2 Å². The van der Waals surface area contributed by atoms with Crippen molar-refractivity contribution in [2.24, 2.45) is 7.05 Å². The number of aromatic nitrogens is 2. The summed E-state index contributed by atoms with van der Waals surface area (Å²) in [6.45, 7) is 0. The minimum atomic E-state index is -4.54. The molecule has 1 fully saturated rings. The molecule has 0 saturated heterocycles. The van der Waals surface area contributed by atoms with Gasteiger partial charge in [0, 0.05) is 18.9 Å². The number of halogens is 3. The highest BCUT2D eigenvalue weighted by Gasteiger charge is 2.38. The fourth-order valence-electron chi connectivity index (χ4n) is 3.61. The van der Waals surface area contributed by atoms with Crippen molar-refractivity contribution >= 4 is 22.9 Å². The lowest BCUT2D eigenvalue weighted by Gasteiger charge is -2.20. The number of hydrogen-bond acceptors (Lipinski definition) is 2. The van der Waals surface area contributed by atoms with Gasteiger partial charge >= 0.3 is 6.18 Å². The first-order valence-corrected chi connectivity index (χ1v) is 9.28. The van der Waals surface area contributed by atoms with E-state index in [0.29, 0.717) is 5.92 Å². The molecule has 0 amide bonds. The Kier molecular flexibility index (Phi) is 5.65. The van der Waals surface area contributed by atoms with Crippen molar-refractivity contribution in [1.82, 2.24) is 9.78 Å². The van der Waals surface area contributed by atoms with Gasteiger partial charge in [-0.15, -0.1) is 0 Å². The summed E-state index contributed by atoms with van der Waals surface area (Å²) in [6.07, 6.45) is 3.84. The Hall–Kier alpha value is -1.89. The molecular weight excluding hydrogens is 359 g/mol. The van der Waals surface area contributed by atoms with Crippen LogP contribution in [0, 0.1) is 0 Å². The predicted octanol–water partition coefficient (Wildman–Crippen LogP) is 5.66. The van der Waals surface area contributed by atoms with Gasteiger partial charge in [0.2, 0.25) is 0 Å². The number of nitrogens with one attached hydrogen (secondary N) is 1. The fourth-order valence-corrected chi connectivity index (χ4v) is 3.87. The molecule has 140 valence electrons. The van der Waals surface area contributed by atoms with Crippen LogP contribution in [0.4, 0.5) is 18.9 Å². The van der Waals surface area contributed by atoms with Crippen molar-refractivity contribution in [3.63, 3.8) is 0 Å². The number of anilines is 1. The summed E-state index contributed by atoms with van der Waals surface area (Å²) >= 11 is 5.30. The van der Waals surface area contributed by atoms with Gasteiger partial charge in [-0.2, -0.15) is 18.3 Å². The van der Waals surface area contributed by atoms with E-state index in [-0.39, 0.29) is 10.6 Å². The Morgan fingerprint density at radius 3 is 2.46 bits per heavy atom. The first-order chi connectivity index (χ1) is 12.4. The normalized spacial score (nSPS) is 16.3. The molecule has 1 aromatic heterocycles. The largest absolute Gasteiger partial charge is 0.435 e.